The van der Waals surface area contributed by atoms with E-state index in [1.807, 2.05) is 55.5 Å². The van der Waals surface area contributed by atoms with Gasteiger partial charge in [0, 0.05) is 29.4 Å². The van der Waals surface area contributed by atoms with Crippen LogP contribution in [0.4, 0.5) is 16.2 Å². The quantitative estimate of drug-likeness (QED) is 0.532. The third kappa shape index (κ3) is 5.35. The van der Waals surface area contributed by atoms with Crippen molar-refractivity contribution in [3.63, 3.8) is 0 Å². The van der Waals surface area contributed by atoms with Crippen molar-refractivity contribution in [3.8, 4) is 5.75 Å². The molecule has 0 radical (unpaired) electrons. The second-order valence-corrected chi connectivity index (χ2v) is 7.87. The maximum Gasteiger partial charge on any atom is 0.323 e. The number of aryl methyl sites for hydroxylation is 1. The predicted molar refractivity (Wildman–Crippen MR) is 122 cm³/mol. The van der Waals surface area contributed by atoms with Gasteiger partial charge >= 0.3 is 6.03 Å². The largest absolute Gasteiger partial charge is 0.480 e. The molecule has 1 heterocycles. The molecule has 6 nitrogen and oxygen atoms in total. The number of hydrogen-bond acceptors (Lipinski definition) is 3. The second kappa shape index (κ2) is 9.10. The Morgan fingerprint density at radius 2 is 1.74 bits per heavy atom. The standard InChI is InChI=1S/C24H22ClN3O3/c1-15-4-2-6-19(10-15)27-24(30)28-20-7-3-5-16(11-20)14-26-23(29)22-13-17-12-18(25)8-9-21(17)31-22/h2-12,22H,13-14H2,1H3,(H,26,29)(H2,27,28,30)/t22-/m0/s1. The zero-order valence-electron chi connectivity index (χ0n) is 16.9. The number of anilines is 2. The van der Waals surface area contributed by atoms with Gasteiger partial charge in [-0.2, -0.15) is 0 Å². The van der Waals surface area contributed by atoms with Gasteiger partial charge < -0.3 is 20.7 Å². The van der Waals surface area contributed by atoms with Crippen molar-refractivity contribution in [2.24, 2.45) is 0 Å². The highest BCUT2D eigenvalue weighted by Gasteiger charge is 2.29. The molecule has 31 heavy (non-hydrogen) atoms. The van der Waals surface area contributed by atoms with Crippen molar-refractivity contribution in [1.29, 1.82) is 0 Å². The topological polar surface area (TPSA) is 79.5 Å². The van der Waals surface area contributed by atoms with Gasteiger partial charge in [0.25, 0.3) is 5.91 Å². The molecule has 0 bridgehead atoms. The van der Waals surface area contributed by atoms with E-state index >= 15 is 0 Å². The molecule has 0 unspecified atom stereocenters. The lowest BCUT2D eigenvalue weighted by atomic mass is 10.1. The monoisotopic (exact) mass is 435 g/mol. The number of rotatable bonds is 5. The van der Waals surface area contributed by atoms with E-state index in [4.69, 9.17) is 16.3 Å². The lowest BCUT2D eigenvalue weighted by molar-refractivity contribution is -0.127. The van der Waals surface area contributed by atoms with E-state index in [0.29, 0.717) is 29.4 Å². The van der Waals surface area contributed by atoms with E-state index in [2.05, 4.69) is 16.0 Å². The van der Waals surface area contributed by atoms with Crippen LogP contribution >= 0.6 is 11.6 Å². The maximum atomic E-state index is 12.5. The van der Waals surface area contributed by atoms with Crippen molar-refractivity contribution >= 4 is 34.9 Å². The van der Waals surface area contributed by atoms with E-state index in [-0.39, 0.29) is 11.9 Å². The summed E-state index contributed by atoms with van der Waals surface area (Å²) >= 11 is 6.00. The Bertz CT molecular complexity index is 1130. The Balaban J connectivity index is 1.30. The summed E-state index contributed by atoms with van der Waals surface area (Å²) in [4.78, 5) is 24.8. The van der Waals surface area contributed by atoms with E-state index in [0.717, 1.165) is 22.4 Å². The molecule has 4 rings (SSSR count). The molecule has 3 amide bonds. The molecule has 3 aromatic rings. The van der Waals surface area contributed by atoms with Crippen molar-refractivity contribution < 1.29 is 14.3 Å². The Morgan fingerprint density at radius 1 is 1.00 bits per heavy atom. The van der Waals surface area contributed by atoms with Gasteiger partial charge in [-0.25, -0.2) is 4.79 Å². The molecule has 0 fully saturated rings. The average molecular weight is 436 g/mol. The zero-order chi connectivity index (χ0) is 21.8. The molecule has 158 valence electrons. The normalized spacial score (nSPS) is 14.3. The minimum absolute atomic E-state index is 0.192. The fraction of sp³-hybridized carbons (Fsp3) is 0.167. The van der Waals surface area contributed by atoms with Gasteiger partial charge in [0.2, 0.25) is 0 Å². The van der Waals surface area contributed by atoms with Crippen LogP contribution in [0.5, 0.6) is 5.75 Å². The van der Waals surface area contributed by atoms with E-state index in [1.165, 1.54) is 0 Å². The minimum Gasteiger partial charge on any atom is -0.480 e. The lowest BCUT2D eigenvalue weighted by Gasteiger charge is -2.12. The van der Waals surface area contributed by atoms with Crippen LogP contribution in [0, 0.1) is 6.92 Å². The van der Waals surface area contributed by atoms with Gasteiger partial charge in [0.15, 0.2) is 6.10 Å². The lowest BCUT2D eigenvalue weighted by Crippen LogP contribution is -2.37. The van der Waals surface area contributed by atoms with E-state index in [9.17, 15) is 9.59 Å². The summed E-state index contributed by atoms with van der Waals surface area (Å²) in [6.45, 7) is 2.29. The summed E-state index contributed by atoms with van der Waals surface area (Å²) in [5, 5.41) is 9.13. The van der Waals surface area contributed by atoms with Crippen molar-refractivity contribution in [1.82, 2.24) is 5.32 Å². The van der Waals surface area contributed by atoms with Gasteiger partial charge in [-0.05, 0) is 66.1 Å². The molecule has 0 saturated heterocycles. The second-order valence-electron chi connectivity index (χ2n) is 7.43. The SMILES string of the molecule is Cc1cccc(NC(=O)Nc2cccc(CNC(=O)[C@@H]3Cc4cc(Cl)ccc4O3)c2)c1. The Labute approximate surface area is 185 Å². The number of amides is 3. The molecule has 1 aliphatic rings. The third-order valence-corrected chi connectivity index (χ3v) is 5.15. The van der Waals surface area contributed by atoms with Gasteiger partial charge in [0.05, 0.1) is 0 Å². The molecule has 1 atom stereocenters. The molecule has 3 N–H and O–H groups in total. The average Bonchev–Trinajstić information content (AvgIpc) is 3.15. The van der Waals surface area contributed by atoms with Crippen molar-refractivity contribution in [3.05, 3.63) is 88.4 Å². The Kier molecular flexibility index (Phi) is 6.09. The summed E-state index contributed by atoms with van der Waals surface area (Å²) < 4.78 is 5.72. The first-order chi connectivity index (χ1) is 15.0. The maximum absolute atomic E-state index is 12.5. The van der Waals surface area contributed by atoms with Crippen LogP contribution in [0.25, 0.3) is 0 Å². The van der Waals surface area contributed by atoms with Crippen LogP contribution in [0.15, 0.2) is 66.7 Å². The Morgan fingerprint density at radius 3 is 2.52 bits per heavy atom. The summed E-state index contributed by atoms with van der Waals surface area (Å²) in [5.74, 6) is 0.498. The number of hydrogen-bond donors (Lipinski definition) is 3. The van der Waals surface area contributed by atoms with Crippen LogP contribution in [-0.2, 0) is 17.8 Å². The summed E-state index contributed by atoms with van der Waals surface area (Å²) in [7, 11) is 0. The third-order valence-electron chi connectivity index (χ3n) is 4.92. The highest BCUT2D eigenvalue weighted by molar-refractivity contribution is 6.30. The minimum atomic E-state index is -0.574. The first kappa shape index (κ1) is 20.8. The highest BCUT2D eigenvalue weighted by atomic mass is 35.5. The van der Waals surface area contributed by atoms with Crippen LogP contribution in [-0.4, -0.2) is 18.0 Å². The molecular weight excluding hydrogens is 414 g/mol. The zero-order valence-corrected chi connectivity index (χ0v) is 17.7. The molecule has 7 heteroatoms. The summed E-state index contributed by atoms with van der Waals surface area (Å²) in [5.41, 5.74) is 4.21. The molecular formula is C24H22ClN3O3. The summed E-state index contributed by atoms with van der Waals surface area (Å²) in [6, 6.07) is 19.9. The number of halogens is 1. The molecule has 1 aliphatic heterocycles. The number of nitrogens with one attached hydrogen (secondary N) is 3. The number of carbonyl (C=O) groups is 2. The molecule has 0 saturated carbocycles. The van der Waals surface area contributed by atoms with Crippen molar-refractivity contribution in [2.45, 2.75) is 26.0 Å². The van der Waals surface area contributed by atoms with Crippen molar-refractivity contribution in [2.75, 3.05) is 10.6 Å². The number of fused-ring (bicyclic) bond motifs is 1. The van der Waals surface area contributed by atoms with E-state index < -0.39 is 6.10 Å². The number of ether oxygens (including phenoxy) is 1. The fourth-order valence-corrected chi connectivity index (χ4v) is 3.64. The Hall–Kier alpha value is -3.51. The first-order valence-electron chi connectivity index (χ1n) is 9.93. The number of carbonyl (C=O) groups excluding carboxylic acids is 2. The van der Waals surface area contributed by atoms with Gasteiger partial charge in [-0.3, -0.25) is 4.79 Å². The molecule has 3 aromatic carbocycles. The number of benzene rings is 3. The van der Waals surface area contributed by atoms with Crippen LogP contribution in [0.2, 0.25) is 5.02 Å². The smallest absolute Gasteiger partial charge is 0.323 e. The fourth-order valence-electron chi connectivity index (χ4n) is 3.44. The van der Waals surface area contributed by atoms with E-state index in [1.54, 1.807) is 18.2 Å². The molecule has 0 spiro atoms. The van der Waals surface area contributed by atoms with Gasteiger partial charge in [0.1, 0.15) is 5.75 Å². The van der Waals surface area contributed by atoms with Crippen LogP contribution in [0.1, 0.15) is 16.7 Å². The summed E-state index contributed by atoms with van der Waals surface area (Å²) in [6.07, 6.45) is -0.0856. The first-order valence-corrected chi connectivity index (χ1v) is 10.3. The highest BCUT2D eigenvalue weighted by Crippen LogP contribution is 2.31. The van der Waals surface area contributed by atoms with Crippen LogP contribution < -0.4 is 20.7 Å². The number of urea groups is 1. The molecule has 0 aliphatic carbocycles. The van der Waals surface area contributed by atoms with Gasteiger partial charge in [-0.15, -0.1) is 0 Å². The predicted octanol–water partition coefficient (Wildman–Crippen LogP) is 4.91. The molecule has 0 aromatic heterocycles. The van der Waals surface area contributed by atoms with Gasteiger partial charge in [-0.1, -0.05) is 35.9 Å². The van der Waals surface area contributed by atoms with Crippen LogP contribution in [0.3, 0.4) is 0 Å².